The molecule has 1 aromatic heterocycles. The SMILES string of the molecule is CCOC1(c2ncc(CO)s2)CCCC(C)C1. The molecule has 0 spiro atoms. The number of ether oxygens (including phenoxy) is 1. The molecule has 4 heteroatoms. The molecule has 1 aliphatic carbocycles. The molecule has 2 rings (SSSR count). The number of aromatic nitrogens is 1. The molecule has 2 unspecified atom stereocenters. The predicted octanol–water partition coefficient (Wildman–Crippen LogP) is 3.08. The maximum atomic E-state index is 9.14. The molecule has 1 heterocycles. The second-order valence-electron chi connectivity index (χ2n) is 4.92. The average Bonchev–Trinajstić information content (AvgIpc) is 2.78. The van der Waals surface area contributed by atoms with Gasteiger partial charge in [0.05, 0.1) is 11.5 Å². The molecular weight excluding hydrogens is 234 g/mol. The highest BCUT2D eigenvalue weighted by atomic mass is 32.1. The Morgan fingerprint density at radius 2 is 2.47 bits per heavy atom. The molecule has 0 aromatic carbocycles. The van der Waals surface area contributed by atoms with Gasteiger partial charge in [-0.25, -0.2) is 4.98 Å². The summed E-state index contributed by atoms with van der Waals surface area (Å²) in [4.78, 5) is 5.40. The average molecular weight is 255 g/mol. The predicted molar refractivity (Wildman–Crippen MR) is 69.0 cm³/mol. The third-order valence-corrected chi connectivity index (χ3v) is 4.64. The summed E-state index contributed by atoms with van der Waals surface area (Å²) < 4.78 is 6.05. The minimum atomic E-state index is -0.190. The zero-order valence-electron chi connectivity index (χ0n) is 10.6. The number of thiazole rings is 1. The van der Waals surface area contributed by atoms with Crippen LogP contribution < -0.4 is 0 Å². The van der Waals surface area contributed by atoms with Crippen molar-refractivity contribution in [3.8, 4) is 0 Å². The number of hydrogen-bond donors (Lipinski definition) is 1. The van der Waals surface area contributed by atoms with Gasteiger partial charge in [-0.1, -0.05) is 13.3 Å². The fourth-order valence-electron chi connectivity index (χ4n) is 2.76. The Labute approximate surface area is 107 Å². The quantitative estimate of drug-likeness (QED) is 0.899. The van der Waals surface area contributed by atoms with Crippen molar-refractivity contribution in [3.05, 3.63) is 16.1 Å². The van der Waals surface area contributed by atoms with Crippen LogP contribution in [-0.4, -0.2) is 16.7 Å². The van der Waals surface area contributed by atoms with E-state index in [1.54, 1.807) is 17.5 Å². The van der Waals surface area contributed by atoms with Gasteiger partial charge in [0.25, 0.3) is 0 Å². The van der Waals surface area contributed by atoms with Crippen LogP contribution >= 0.6 is 11.3 Å². The summed E-state index contributed by atoms with van der Waals surface area (Å²) in [5, 5.41) is 10.2. The Morgan fingerprint density at radius 3 is 3.06 bits per heavy atom. The zero-order chi connectivity index (χ0) is 12.3. The van der Waals surface area contributed by atoms with Gasteiger partial charge in [-0.15, -0.1) is 11.3 Å². The lowest BCUT2D eigenvalue weighted by Crippen LogP contribution is -2.35. The molecule has 0 saturated heterocycles. The molecule has 0 amide bonds. The summed E-state index contributed by atoms with van der Waals surface area (Å²) in [6, 6.07) is 0. The van der Waals surface area contributed by atoms with Crippen LogP contribution in [0.2, 0.25) is 0 Å². The topological polar surface area (TPSA) is 42.4 Å². The van der Waals surface area contributed by atoms with Crippen LogP contribution in [0.1, 0.15) is 49.4 Å². The van der Waals surface area contributed by atoms with Crippen LogP contribution in [0, 0.1) is 5.92 Å². The van der Waals surface area contributed by atoms with Crippen molar-refractivity contribution in [2.45, 2.75) is 51.7 Å². The highest BCUT2D eigenvalue weighted by Crippen LogP contribution is 2.44. The Kier molecular flexibility index (Phi) is 4.17. The van der Waals surface area contributed by atoms with Gasteiger partial charge in [0.15, 0.2) is 0 Å². The third kappa shape index (κ3) is 2.69. The lowest BCUT2D eigenvalue weighted by Gasteiger charge is -2.38. The van der Waals surface area contributed by atoms with E-state index in [2.05, 4.69) is 11.9 Å². The fraction of sp³-hybridized carbons (Fsp3) is 0.769. The lowest BCUT2D eigenvalue weighted by molar-refractivity contribution is -0.0820. The van der Waals surface area contributed by atoms with E-state index in [4.69, 9.17) is 9.84 Å². The van der Waals surface area contributed by atoms with E-state index < -0.39 is 0 Å². The van der Waals surface area contributed by atoms with Crippen molar-refractivity contribution < 1.29 is 9.84 Å². The number of rotatable bonds is 4. The van der Waals surface area contributed by atoms with Crippen molar-refractivity contribution in [2.24, 2.45) is 5.92 Å². The monoisotopic (exact) mass is 255 g/mol. The van der Waals surface area contributed by atoms with Crippen LogP contribution in [0.5, 0.6) is 0 Å². The van der Waals surface area contributed by atoms with Gasteiger partial charge in [-0.05, 0) is 32.1 Å². The largest absolute Gasteiger partial charge is 0.391 e. The molecule has 1 aliphatic rings. The van der Waals surface area contributed by atoms with Gasteiger partial charge in [0, 0.05) is 12.8 Å². The van der Waals surface area contributed by atoms with Crippen LogP contribution in [0.15, 0.2) is 6.20 Å². The summed E-state index contributed by atoms with van der Waals surface area (Å²) in [6.45, 7) is 5.13. The molecule has 1 saturated carbocycles. The van der Waals surface area contributed by atoms with Gasteiger partial charge in [-0.3, -0.25) is 0 Å². The highest BCUT2D eigenvalue weighted by molar-refractivity contribution is 7.11. The van der Waals surface area contributed by atoms with Crippen molar-refractivity contribution >= 4 is 11.3 Å². The van der Waals surface area contributed by atoms with Crippen LogP contribution in [-0.2, 0) is 16.9 Å². The number of hydrogen-bond acceptors (Lipinski definition) is 4. The summed E-state index contributed by atoms with van der Waals surface area (Å²) in [5.41, 5.74) is -0.190. The molecule has 1 fully saturated rings. The van der Waals surface area contributed by atoms with Gasteiger partial charge < -0.3 is 9.84 Å². The van der Waals surface area contributed by atoms with E-state index in [0.717, 1.165) is 29.3 Å². The van der Waals surface area contributed by atoms with Crippen LogP contribution in [0.25, 0.3) is 0 Å². The molecular formula is C13H21NO2S. The van der Waals surface area contributed by atoms with Gasteiger partial charge >= 0.3 is 0 Å². The van der Waals surface area contributed by atoms with E-state index in [9.17, 15) is 0 Å². The van der Waals surface area contributed by atoms with E-state index in [-0.39, 0.29) is 12.2 Å². The Bertz CT molecular complexity index is 362. The first-order valence-corrected chi connectivity index (χ1v) is 7.22. The van der Waals surface area contributed by atoms with Crippen molar-refractivity contribution in [2.75, 3.05) is 6.61 Å². The molecule has 2 atom stereocenters. The minimum absolute atomic E-state index is 0.0788. The maximum Gasteiger partial charge on any atom is 0.125 e. The van der Waals surface area contributed by atoms with E-state index in [1.807, 2.05) is 6.92 Å². The first-order chi connectivity index (χ1) is 8.20. The second-order valence-corrected chi connectivity index (χ2v) is 6.03. The highest BCUT2D eigenvalue weighted by Gasteiger charge is 2.39. The first kappa shape index (κ1) is 13.0. The smallest absolute Gasteiger partial charge is 0.125 e. The molecule has 0 bridgehead atoms. The summed E-state index contributed by atoms with van der Waals surface area (Å²) in [5.74, 6) is 0.691. The minimum Gasteiger partial charge on any atom is -0.391 e. The molecule has 3 nitrogen and oxygen atoms in total. The molecule has 17 heavy (non-hydrogen) atoms. The first-order valence-electron chi connectivity index (χ1n) is 6.40. The molecule has 0 aliphatic heterocycles. The van der Waals surface area contributed by atoms with Gasteiger partial charge in [0.1, 0.15) is 10.6 Å². The standard InChI is InChI=1S/C13H21NO2S/c1-3-16-13(6-4-5-10(2)7-13)12-14-8-11(9-15)17-12/h8,10,15H,3-7,9H2,1-2H3. The van der Waals surface area contributed by atoms with E-state index >= 15 is 0 Å². The van der Waals surface area contributed by atoms with E-state index in [1.165, 1.54) is 12.8 Å². The van der Waals surface area contributed by atoms with Crippen molar-refractivity contribution in [3.63, 3.8) is 0 Å². The van der Waals surface area contributed by atoms with Crippen LogP contribution in [0.3, 0.4) is 0 Å². The number of aliphatic hydroxyl groups excluding tert-OH is 1. The Morgan fingerprint density at radius 1 is 1.65 bits per heavy atom. The molecule has 1 N–H and O–H groups in total. The molecule has 0 radical (unpaired) electrons. The Balaban J connectivity index is 2.26. The van der Waals surface area contributed by atoms with E-state index in [0.29, 0.717) is 5.92 Å². The molecule has 1 aromatic rings. The number of aliphatic hydroxyl groups is 1. The third-order valence-electron chi connectivity index (χ3n) is 3.48. The summed E-state index contributed by atoms with van der Waals surface area (Å²) >= 11 is 1.59. The summed E-state index contributed by atoms with van der Waals surface area (Å²) in [7, 11) is 0. The maximum absolute atomic E-state index is 9.14. The van der Waals surface area contributed by atoms with Gasteiger partial charge in [0.2, 0.25) is 0 Å². The van der Waals surface area contributed by atoms with Gasteiger partial charge in [-0.2, -0.15) is 0 Å². The number of nitrogens with zero attached hydrogens (tertiary/aromatic N) is 1. The molecule has 96 valence electrons. The normalized spacial score (nSPS) is 29.5. The van der Waals surface area contributed by atoms with Crippen LogP contribution in [0.4, 0.5) is 0 Å². The van der Waals surface area contributed by atoms with Crippen molar-refractivity contribution in [1.29, 1.82) is 0 Å². The summed E-state index contributed by atoms with van der Waals surface area (Å²) in [6.07, 6.45) is 6.38. The Hall–Kier alpha value is -0.450. The lowest BCUT2D eigenvalue weighted by atomic mass is 9.79. The second kappa shape index (κ2) is 5.46. The zero-order valence-corrected chi connectivity index (χ0v) is 11.4. The van der Waals surface area contributed by atoms with Crippen molar-refractivity contribution in [1.82, 2.24) is 4.98 Å². The fourth-order valence-corrected chi connectivity index (χ4v) is 3.71.